The van der Waals surface area contributed by atoms with E-state index in [9.17, 15) is 0 Å². The molecule has 0 aliphatic heterocycles. The van der Waals surface area contributed by atoms with Crippen LogP contribution in [0.5, 0.6) is 0 Å². The molecular formula is C14H27N3. The maximum atomic E-state index is 4.42. The van der Waals surface area contributed by atoms with Crippen LogP contribution in [0, 0.1) is 5.92 Å². The van der Waals surface area contributed by atoms with E-state index in [1.165, 1.54) is 12.8 Å². The zero-order valence-corrected chi connectivity index (χ0v) is 12.0. The molecule has 0 amide bonds. The van der Waals surface area contributed by atoms with Gasteiger partial charge in [-0.25, -0.2) is 4.98 Å². The molecule has 0 unspecified atom stereocenters. The number of hydrogen-bond donors (Lipinski definition) is 1. The zero-order chi connectivity index (χ0) is 12.9. The van der Waals surface area contributed by atoms with Gasteiger partial charge >= 0.3 is 0 Å². The van der Waals surface area contributed by atoms with Gasteiger partial charge in [-0.05, 0) is 39.5 Å². The predicted molar refractivity (Wildman–Crippen MR) is 72.9 cm³/mol. The number of rotatable bonds is 6. The van der Waals surface area contributed by atoms with Crippen LogP contribution in [0.2, 0.25) is 0 Å². The van der Waals surface area contributed by atoms with E-state index in [4.69, 9.17) is 0 Å². The number of imidazole rings is 1. The Morgan fingerprint density at radius 1 is 1.35 bits per heavy atom. The maximum absolute atomic E-state index is 4.42. The van der Waals surface area contributed by atoms with Crippen LogP contribution in [0.4, 0.5) is 0 Å². The van der Waals surface area contributed by atoms with Crippen molar-refractivity contribution in [2.24, 2.45) is 5.92 Å². The van der Waals surface area contributed by atoms with Crippen molar-refractivity contribution in [3.8, 4) is 0 Å². The van der Waals surface area contributed by atoms with E-state index in [0.29, 0.717) is 0 Å². The molecule has 0 saturated heterocycles. The van der Waals surface area contributed by atoms with E-state index in [1.54, 1.807) is 0 Å². The summed E-state index contributed by atoms with van der Waals surface area (Å²) in [5.41, 5.74) is 1.28. The fourth-order valence-corrected chi connectivity index (χ4v) is 1.66. The van der Waals surface area contributed by atoms with E-state index in [-0.39, 0.29) is 5.54 Å². The molecule has 0 aliphatic carbocycles. The van der Waals surface area contributed by atoms with Crippen molar-refractivity contribution in [2.75, 3.05) is 0 Å². The molecule has 0 saturated carbocycles. The summed E-state index contributed by atoms with van der Waals surface area (Å²) in [5.74, 6) is 0.792. The summed E-state index contributed by atoms with van der Waals surface area (Å²) in [5, 5.41) is 3.45. The molecule has 0 bridgehead atoms. The highest BCUT2D eigenvalue weighted by molar-refractivity contribution is 4.97. The third-order valence-corrected chi connectivity index (χ3v) is 2.68. The first kappa shape index (κ1) is 14.2. The molecule has 1 rings (SSSR count). The molecule has 1 aromatic heterocycles. The molecule has 1 N–H and O–H groups in total. The first-order chi connectivity index (χ1) is 7.87. The number of nitrogens with one attached hydrogen (secondary N) is 1. The summed E-state index contributed by atoms with van der Waals surface area (Å²) in [6, 6.07) is 0. The van der Waals surface area contributed by atoms with Crippen molar-refractivity contribution in [3.63, 3.8) is 0 Å². The Morgan fingerprint density at radius 3 is 2.65 bits per heavy atom. The van der Waals surface area contributed by atoms with Gasteiger partial charge in [-0.1, -0.05) is 13.8 Å². The minimum Gasteiger partial charge on any atom is -0.337 e. The Kier molecular flexibility index (Phi) is 5.19. The Balaban J connectivity index is 2.32. The third-order valence-electron chi connectivity index (χ3n) is 2.68. The summed E-state index contributed by atoms with van der Waals surface area (Å²) in [6.07, 6.45) is 6.62. The summed E-state index contributed by atoms with van der Waals surface area (Å²) in [7, 11) is 0. The molecule has 0 radical (unpaired) electrons. The average Bonchev–Trinajstić information content (AvgIpc) is 2.61. The lowest BCUT2D eigenvalue weighted by molar-refractivity contribution is 0.421. The minimum atomic E-state index is 0.154. The summed E-state index contributed by atoms with van der Waals surface area (Å²) < 4.78 is 2.20. The fraction of sp³-hybridized carbons (Fsp3) is 0.786. The van der Waals surface area contributed by atoms with E-state index in [1.807, 2.05) is 6.33 Å². The molecule has 98 valence electrons. The van der Waals surface area contributed by atoms with Crippen molar-refractivity contribution in [3.05, 3.63) is 18.2 Å². The lowest BCUT2D eigenvalue weighted by Crippen LogP contribution is -2.35. The third kappa shape index (κ3) is 6.47. The number of hydrogen-bond acceptors (Lipinski definition) is 2. The van der Waals surface area contributed by atoms with Gasteiger partial charge in [-0.2, -0.15) is 0 Å². The molecule has 1 aromatic rings. The Morgan fingerprint density at radius 2 is 2.06 bits per heavy atom. The van der Waals surface area contributed by atoms with Crippen LogP contribution in [0.1, 0.15) is 53.2 Å². The number of aryl methyl sites for hydroxylation is 1. The summed E-state index contributed by atoms with van der Waals surface area (Å²) in [6.45, 7) is 13.0. The van der Waals surface area contributed by atoms with Gasteiger partial charge in [0, 0.05) is 24.8 Å². The van der Waals surface area contributed by atoms with E-state index >= 15 is 0 Å². The molecular weight excluding hydrogens is 210 g/mol. The highest BCUT2D eigenvalue weighted by Gasteiger charge is 2.09. The minimum absolute atomic E-state index is 0.154. The van der Waals surface area contributed by atoms with Gasteiger partial charge < -0.3 is 9.88 Å². The molecule has 17 heavy (non-hydrogen) atoms. The highest BCUT2D eigenvalue weighted by atomic mass is 15.1. The Labute approximate surface area is 106 Å². The van der Waals surface area contributed by atoms with Crippen molar-refractivity contribution in [2.45, 2.75) is 66.1 Å². The van der Waals surface area contributed by atoms with Gasteiger partial charge in [0.05, 0.1) is 12.0 Å². The van der Waals surface area contributed by atoms with Crippen LogP contribution in [-0.2, 0) is 13.1 Å². The van der Waals surface area contributed by atoms with E-state index in [0.717, 1.165) is 24.7 Å². The highest BCUT2D eigenvalue weighted by Crippen LogP contribution is 2.07. The lowest BCUT2D eigenvalue weighted by Gasteiger charge is -2.19. The van der Waals surface area contributed by atoms with Crippen LogP contribution in [-0.4, -0.2) is 15.1 Å². The monoisotopic (exact) mass is 237 g/mol. The average molecular weight is 237 g/mol. The Bertz CT molecular complexity index is 320. The SMILES string of the molecule is CC(C)CCCn1cnc(CNC(C)(C)C)c1. The molecule has 0 fully saturated rings. The van der Waals surface area contributed by atoms with Crippen molar-refractivity contribution >= 4 is 0 Å². The largest absolute Gasteiger partial charge is 0.337 e. The lowest BCUT2D eigenvalue weighted by atomic mass is 10.1. The second-order valence-corrected chi connectivity index (χ2v) is 6.24. The Hall–Kier alpha value is -0.830. The second kappa shape index (κ2) is 6.20. The van der Waals surface area contributed by atoms with Crippen LogP contribution in [0.15, 0.2) is 12.5 Å². The van der Waals surface area contributed by atoms with Crippen LogP contribution >= 0.6 is 0 Å². The molecule has 0 spiro atoms. The molecule has 1 heterocycles. The van der Waals surface area contributed by atoms with Gasteiger partial charge in [-0.15, -0.1) is 0 Å². The molecule has 0 aromatic carbocycles. The molecule has 0 aliphatic rings. The summed E-state index contributed by atoms with van der Waals surface area (Å²) >= 11 is 0. The predicted octanol–water partition coefficient (Wildman–Crippen LogP) is 3.21. The molecule has 0 atom stereocenters. The normalized spacial score (nSPS) is 12.4. The van der Waals surface area contributed by atoms with Crippen molar-refractivity contribution in [1.29, 1.82) is 0 Å². The topological polar surface area (TPSA) is 29.9 Å². The van der Waals surface area contributed by atoms with Crippen molar-refractivity contribution < 1.29 is 0 Å². The zero-order valence-electron chi connectivity index (χ0n) is 12.0. The first-order valence-corrected chi connectivity index (χ1v) is 6.62. The molecule has 3 heteroatoms. The number of nitrogens with zero attached hydrogens (tertiary/aromatic N) is 2. The van der Waals surface area contributed by atoms with Crippen LogP contribution in [0.25, 0.3) is 0 Å². The van der Waals surface area contributed by atoms with Crippen molar-refractivity contribution in [1.82, 2.24) is 14.9 Å². The second-order valence-electron chi connectivity index (χ2n) is 6.24. The van der Waals surface area contributed by atoms with Crippen LogP contribution < -0.4 is 5.32 Å². The maximum Gasteiger partial charge on any atom is 0.0949 e. The van der Waals surface area contributed by atoms with Gasteiger partial charge in [-0.3, -0.25) is 0 Å². The van der Waals surface area contributed by atoms with Gasteiger partial charge in [0.25, 0.3) is 0 Å². The van der Waals surface area contributed by atoms with Gasteiger partial charge in [0.2, 0.25) is 0 Å². The fourth-order valence-electron chi connectivity index (χ4n) is 1.66. The van der Waals surface area contributed by atoms with Gasteiger partial charge in [0.1, 0.15) is 0 Å². The number of aromatic nitrogens is 2. The van der Waals surface area contributed by atoms with Gasteiger partial charge in [0.15, 0.2) is 0 Å². The van der Waals surface area contributed by atoms with Crippen LogP contribution in [0.3, 0.4) is 0 Å². The van der Waals surface area contributed by atoms with E-state index in [2.05, 4.69) is 55.7 Å². The molecule has 3 nitrogen and oxygen atoms in total. The summed E-state index contributed by atoms with van der Waals surface area (Å²) in [4.78, 5) is 4.42. The quantitative estimate of drug-likeness (QED) is 0.823. The standard InChI is InChI=1S/C14H27N3/c1-12(2)7-6-8-17-10-13(15-11-17)9-16-14(3,4)5/h10-12,16H,6-9H2,1-5H3. The van der Waals surface area contributed by atoms with E-state index < -0.39 is 0 Å². The smallest absolute Gasteiger partial charge is 0.0949 e. The first-order valence-electron chi connectivity index (χ1n) is 6.62.